The highest BCUT2D eigenvalue weighted by Gasteiger charge is 2.30. The van der Waals surface area contributed by atoms with Gasteiger partial charge in [0.25, 0.3) is 0 Å². The number of amides is 1. The van der Waals surface area contributed by atoms with E-state index >= 15 is 0 Å². The Bertz CT molecular complexity index is 385. The maximum atomic E-state index is 11.5. The molecule has 0 saturated carbocycles. The number of aromatic nitrogens is 2. The molecule has 0 N–H and O–H groups in total. The Kier molecular flexibility index (Phi) is 2.73. The van der Waals surface area contributed by atoms with Crippen LogP contribution in [0, 0.1) is 0 Å². The zero-order valence-corrected chi connectivity index (χ0v) is 8.94. The number of methoxy groups -OCH3 is 1. The minimum Gasteiger partial charge on any atom is -0.467 e. The molecule has 0 aliphatic carbocycles. The van der Waals surface area contributed by atoms with Crippen molar-refractivity contribution < 1.29 is 9.53 Å². The summed E-state index contributed by atoms with van der Waals surface area (Å²) in [4.78, 5) is 21.0. The summed E-state index contributed by atoms with van der Waals surface area (Å²) >= 11 is 5.89. The minimum absolute atomic E-state index is 0.0178. The first-order valence-corrected chi connectivity index (χ1v) is 4.96. The molecule has 1 fully saturated rings. The highest BCUT2D eigenvalue weighted by Crippen LogP contribution is 2.22. The lowest BCUT2D eigenvalue weighted by Gasteiger charge is -2.14. The van der Waals surface area contributed by atoms with Crippen LogP contribution in [-0.4, -0.2) is 34.9 Å². The van der Waals surface area contributed by atoms with Gasteiger partial charge in [0.1, 0.15) is 5.82 Å². The number of anilines is 1. The van der Waals surface area contributed by atoms with E-state index in [-0.39, 0.29) is 17.3 Å². The Labute approximate surface area is 92.0 Å². The molecule has 0 spiro atoms. The van der Waals surface area contributed by atoms with Crippen LogP contribution in [0.2, 0.25) is 0 Å². The van der Waals surface area contributed by atoms with Crippen LogP contribution in [0.5, 0.6) is 6.01 Å². The second kappa shape index (κ2) is 4.02. The van der Waals surface area contributed by atoms with Gasteiger partial charge in [-0.05, 0) is 6.07 Å². The Hall–Kier alpha value is -1.36. The van der Waals surface area contributed by atoms with E-state index in [1.54, 1.807) is 17.2 Å². The average Bonchev–Trinajstić information content (AvgIpc) is 2.58. The predicted molar refractivity (Wildman–Crippen MR) is 55.2 cm³/mol. The smallest absolute Gasteiger partial charge is 0.318 e. The SMILES string of the molecule is COc1nccc(N2CC(Cl)CC2=O)n1. The van der Waals surface area contributed by atoms with Crippen molar-refractivity contribution in [3.05, 3.63) is 12.3 Å². The highest BCUT2D eigenvalue weighted by molar-refractivity contribution is 6.24. The van der Waals surface area contributed by atoms with E-state index in [1.165, 1.54) is 7.11 Å². The number of carbonyl (C=O) groups is 1. The van der Waals surface area contributed by atoms with Crippen LogP contribution in [0.3, 0.4) is 0 Å². The van der Waals surface area contributed by atoms with Crippen LogP contribution in [-0.2, 0) is 4.79 Å². The van der Waals surface area contributed by atoms with E-state index < -0.39 is 0 Å². The van der Waals surface area contributed by atoms with Gasteiger partial charge in [0, 0.05) is 19.2 Å². The molecule has 2 rings (SSSR count). The molecular formula is C9H10ClN3O2. The minimum atomic E-state index is -0.140. The third-order valence-electron chi connectivity index (χ3n) is 2.16. The Balaban J connectivity index is 2.25. The molecule has 1 atom stereocenters. The predicted octanol–water partition coefficient (Wildman–Crippen LogP) is 0.829. The summed E-state index contributed by atoms with van der Waals surface area (Å²) < 4.78 is 4.88. The van der Waals surface area contributed by atoms with E-state index in [2.05, 4.69) is 9.97 Å². The third-order valence-corrected chi connectivity index (χ3v) is 2.45. The Morgan fingerprint density at radius 3 is 3.07 bits per heavy atom. The van der Waals surface area contributed by atoms with Gasteiger partial charge in [-0.1, -0.05) is 0 Å². The molecule has 2 heterocycles. The summed E-state index contributed by atoms with van der Waals surface area (Å²) in [6, 6.07) is 1.91. The van der Waals surface area contributed by atoms with Crippen molar-refractivity contribution in [3.63, 3.8) is 0 Å². The first-order valence-electron chi connectivity index (χ1n) is 4.52. The van der Waals surface area contributed by atoms with Gasteiger partial charge in [-0.15, -0.1) is 11.6 Å². The lowest BCUT2D eigenvalue weighted by Crippen LogP contribution is -2.25. The van der Waals surface area contributed by atoms with Crippen molar-refractivity contribution in [1.29, 1.82) is 0 Å². The zero-order chi connectivity index (χ0) is 10.8. The van der Waals surface area contributed by atoms with Crippen molar-refractivity contribution in [2.45, 2.75) is 11.8 Å². The molecule has 5 nitrogen and oxygen atoms in total. The van der Waals surface area contributed by atoms with Gasteiger partial charge < -0.3 is 4.74 Å². The standard InChI is InChI=1S/C9H10ClN3O2/c1-15-9-11-3-2-7(12-9)13-5-6(10)4-8(13)14/h2-3,6H,4-5H2,1H3. The summed E-state index contributed by atoms with van der Waals surface area (Å²) in [6.07, 6.45) is 1.91. The monoisotopic (exact) mass is 227 g/mol. The van der Waals surface area contributed by atoms with Crippen LogP contribution in [0.25, 0.3) is 0 Å². The highest BCUT2D eigenvalue weighted by atomic mass is 35.5. The van der Waals surface area contributed by atoms with E-state index in [0.717, 1.165) is 0 Å². The maximum Gasteiger partial charge on any atom is 0.318 e. The summed E-state index contributed by atoms with van der Waals surface area (Å²) in [5.41, 5.74) is 0. The molecule has 1 saturated heterocycles. The quantitative estimate of drug-likeness (QED) is 0.703. The molecule has 1 aromatic rings. The van der Waals surface area contributed by atoms with Gasteiger partial charge >= 0.3 is 6.01 Å². The van der Waals surface area contributed by atoms with Crippen LogP contribution in [0.1, 0.15) is 6.42 Å². The van der Waals surface area contributed by atoms with Crippen molar-refractivity contribution in [2.24, 2.45) is 0 Å². The number of hydrogen-bond acceptors (Lipinski definition) is 4. The molecule has 15 heavy (non-hydrogen) atoms. The fourth-order valence-corrected chi connectivity index (χ4v) is 1.74. The van der Waals surface area contributed by atoms with Crippen LogP contribution in [0.4, 0.5) is 5.82 Å². The van der Waals surface area contributed by atoms with Crippen LogP contribution < -0.4 is 9.64 Å². The van der Waals surface area contributed by atoms with Crippen molar-refractivity contribution in [3.8, 4) is 6.01 Å². The second-order valence-corrected chi connectivity index (χ2v) is 3.82. The maximum absolute atomic E-state index is 11.5. The zero-order valence-electron chi connectivity index (χ0n) is 8.18. The molecule has 0 bridgehead atoms. The van der Waals surface area contributed by atoms with Gasteiger partial charge in [0.2, 0.25) is 5.91 Å². The lowest BCUT2D eigenvalue weighted by atomic mass is 10.4. The van der Waals surface area contributed by atoms with Crippen LogP contribution in [0.15, 0.2) is 12.3 Å². The molecule has 6 heteroatoms. The average molecular weight is 228 g/mol. The topological polar surface area (TPSA) is 55.3 Å². The summed E-state index contributed by atoms with van der Waals surface area (Å²) in [5.74, 6) is 0.519. The molecule has 1 amide bonds. The normalized spacial score (nSPS) is 20.8. The summed E-state index contributed by atoms with van der Waals surface area (Å²) in [7, 11) is 1.48. The molecular weight excluding hydrogens is 218 g/mol. The van der Waals surface area contributed by atoms with Crippen molar-refractivity contribution >= 4 is 23.3 Å². The first-order chi connectivity index (χ1) is 7.20. The number of halogens is 1. The largest absolute Gasteiger partial charge is 0.467 e. The van der Waals surface area contributed by atoms with E-state index in [4.69, 9.17) is 16.3 Å². The number of rotatable bonds is 2. The molecule has 1 unspecified atom stereocenters. The summed E-state index contributed by atoms with van der Waals surface area (Å²) in [5, 5.41) is -0.140. The molecule has 1 aliphatic heterocycles. The number of ether oxygens (including phenoxy) is 1. The van der Waals surface area contributed by atoms with Gasteiger partial charge in [-0.2, -0.15) is 4.98 Å². The van der Waals surface area contributed by atoms with Gasteiger partial charge in [-0.3, -0.25) is 9.69 Å². The Morgan fingerprint density at radius 1 is 1.67 bits per heavy atom. The summed E-state index contributed by atoms with van der Waals surface area (Å²) in [6.45, 7) is 0.487. The van der Waals surface area contributed by atoms with E-state index in [0.29, 0.717) is 18.8 Å². The van der Waals surface area contributed by atoms with Crippen LogP contribution >= 0.6 is 11.6 Å². The molecule has 0 aromatic carbocycles. The third kappa shape index (κ3) is 2.02. The first kappa shape index (κ1) is 10.2. The second-order valence-electron chi connectivity index (χ2n) is 3.21. The fraction of sp³-hybridized carbons (Fsp3) is 0.444. The molecule has 80 valence electrons. The molecule has 0 radical (unpaired) electrons. The number of carbonyl (C=O) groups excluding carboxylic acids is 1. The number of hydrogen-bond donors (Lipinski definition) is 0. The fourth-order valence-electron chi connectivity index (χ4n) is 1.47. The number of alkyl halides is 1. The molecule has 1 aliphatic rings. The van der Waals surface area contributed by atoms with E-state index in [1.807, 2.05) is 0 Å². The molecule has 1 aromatic heterocycles. The van der Waals surface area contributed by atoms with Crippen molar-refractivity contribution in [1.82, 2.24) is 9.97 Å². The van der Waals surface area contributed by atoms with E-state index in [9.17, 15) is 4.79 Å². The Morgan fingerprint density at radius 2 is 2.47 bits per heavy atom. The van der Waals surface area contributed by atoms with Crippen molar-refractivity contribution in [2.75, 3.05) is 18.6 Å². The van der Waals surface area contributed by atoms with Gasteiger partial charge in [-0.25, -0.2) is 4.98 Å². The number of nitrogens with zero attached hydrogens (tertiary/aromatic N) is 3. The van der Waals surface area contributed by atoms with Gasteiger partial charge in [0.15, 0.2) is 0 Å². The lowest BCUT2D eigenvalue weighted by molar-refractivity contribution is -0.117. The van der Waals surface area contributed by atoms with Gasteiger partial charge in [0.05, 0.1) is 12.5 Å².